The summed E-state index contributed by atoms with van der Waals surface area (Å²) in [5, 5.41) is 0. The summed E-state index contributed by atoms with van der Waals surface area (Å²) in [6.07, 6.45) is 1.10. The van der Waals surface area contributed by atoms with Gasteiger partial charge in [0, 0.05) is 19.4 Å². The average Bonchev–Trinajstić information content (AvgIpc) is 2.37. The Bertz CT molecular complexity index is 165. The molecule has 0 aliphatic carbocycles. The van der Waals surface area contributed by atoms with Crippen molar-refractivity contribution in [1.82, 2.24) is 5.48 Å². The second-order valence-electron chi connectivity index (χ2n) is 4.59. The van der Waals surface area contributed by atoms with E-state index in [9.17, 15) is 0 Å². The molecule has 0 spiro atoms. The zero-order valence-electron chi connectivity index (χ0n) is 12.3. The first-order valence-corrected chi connectivity index (χ1v) is 11.5. The Kier molecular flexibility index (Phi) is 11.6. The van der Waals surface area contributed by atoms with Gasteiger partial charge in [-0.2, -0.15) is 0 Å². The molecule has 0 heterocycles. The number of nitrogens with one attached hydrogen (secondary N) is 1. The minimum absolute atomic E-state index is 0.504. The maximum atomic E-state index is 5.73. The van der Waals surface area contributed by atoms with Crippen molar-refractivity contribution in [3.05, 3.63) is 0 Å². The van der Waals surface area contributed by atoms with Gasteiger partial charge in [0.1, 0.15) is 0 Å². The molecule has 0 bridgehead atoms. The normalized spacial score (nSPS) is 13.6. The van der Waals surface area contributed by atoms with Gasteiger partial charge in [0.25, 0.3) is 0 Å². The molecule has 0 saturated heterocycles. The third-order valence-electron chi connectivity index (χ3n) is 3.57. The van der Waals surface area contributed by atoms with Crippen LogP contribution in [0.15, 0.2) is 0 Å². The Labute approximate surface area is 111 Å². The topological polar surface area (TPSA) is 30.5 Å². The van der Waals surface area contributed by atoms with Gasteiger partial charge in [0.05, 0.1) is 8.80 Å². The molecule has 3 nitrogen and oxygen atoms in total. The van der Waals surface area contributed by atoms with Crippen molar-refractivity contribution >= 4 is 17.8 Å². The maximum absolute atomic E-state index is 5.73. The van der Waals surface area contributed by atoms with Crippen molar-refractivity contribution < 1.29 is 9.26 Å². The number of ether oxygens (including phenoxy) is 1. The largest absolute Gasteiger partial charge is 0.385 e. The summed E-state index contributed by atoms with van der Waals surface area (Å²) < 4.78 is 11.4. The second kappa shape index (κ2) is 11.4. The predicted octanol–water partition coefficient (Wildman–Crippen LogP) is 2.48. The average molecular weight is 278 g/mol. The third-order valence-corrected chi connectivity index (χ3v) is 9.64. The summed E-state index contributed by atoms with van der Waals surface area (Å²) >= 11 is 0. The highest BCUT2D eigenvalue weighted by Crippen LogP contribution is 2.10. The van der Waals surface area contributed by atoms with Crippen LogP contribution in [0.4, 0.5) is 0 Å². The van der Waals surface area contributed by atoms with Crippen LogP contribution in [0.3, 0.4) is 0 Å². The standard InChI is InChI=1S/C12H31NO2Si2/c1-6-16(7-2)12(14-5)10-11-13-15-17(8-3)9-4/h12-13,16-17H,6-11H2,1-5H3. The first-order valence-electron chi connectivity index (χ1n) is 7.14. The molecule has 0 aromatic rings. The molecule has 0 aromatic heterocycles. The number of hydroxylamine groups is 1. The van der Waals surface area contributed by atoms with Crippen LogP contribution < -0.4 is 5.48 Å². The fourth-order valence-electron chi connectivity index (χ4n) is 2.19. The Morgan fingerprint density at radius 3 is 2.00 bits per heavy atom. The molecule has 5 heteroatoms. The Balaban J connectivity index is 3.76. The van der Waals surface area contributed by atoms with Crippen LogP contribution in [0.1, 0.15) is 34.1 Å². The molecule has 0 fully saturated rings. The van der Waals surface area contributed by atoms with Gasteiger partial charge in [0.15, 0.2) is 0 Å². The summed E-state index contributed by atoms with van der Waals surface area (Å²) in [7, 11) is 0.215. The molecule has 1 N–H and O–H groups in total. The summed E-state index contributed by atoms with van der Waals surface area (Å²) in [5.74, 6) is 0. The van der Waals surface area contributed by atoms with Crippen molar-refractivity contribution in [2.45, 2.75) is 64.0 Å². The summed E-state index contributed by atoms with van der Waals surface area (Å²) in [6.45, 7) is 9.97. The number of hydrogen-bond acceptors (Lipinski definition) is 3. The molecule has 0 aliphatic rings. The van der Waals surface area contributed by atoms with Crippen LogP contribution in [0.25, 0.3) is 0 Å². The molecule has 0 aliphatic heterocycles. The van der Waals surface area contributed by atoms with Gasteiger partial charge >= 0.3 is 0 Å². The van der Waals surface area contributed by atoms with E-state index < -0.39 is 17.8 Å². The van der Waals surface area contributed by atoms with Gasteiger partial charge in [-0.1, -0.05) is 39.8 Å². The lowest BCUT2D eigenvalue weighted by atomic mass is 10.4. The highest BCUT2D eigenvalue weighted by molar-refractivity contribution is 6.60. The molecule has 0 rings (SSSR count). The Hall–Kier alpha value is 0.314. The molecule has 1 atom stereocenters. The van der Waals surface area contributed by atoms with Crippen LogP contribution in [-0.4, -0.2) is 37.2 Å². The highest BCUT2D eigenvalue weighted by atomic mass is 28.3. The first kappa shape index (κ1) is 17.3. The van der Waals surface area contributed by atoms with Crippen LogP contribution in [0.5, 0.6) is 0 Å². The molecule has 0 amide bonds. The smallest absolute Gasteiger partial charge is 0.205 e. The first-order chi connectivity index (χ1) is 8.23. The lowest BCUT2D eigenvalue weighted by molar-refractivity contribution is 0.129. The summed E-state index contributed by atoms with van der Waals surface area (Å²) in [6, 6.07) is 5.07. The van der Waals surface area contributed by atoms with E-state index in [0.29, 0.717) is 5.73 Å². The van der Waals surface area contributed by atoms with Gasteiger partial charge in [0.2, 0.25) is 9.04 Å². The number of hydrogen-bond donors (Lipinski definition) is 1. The van der Waals surface area contributed by atoms with Gasteiger partial charge in [-0.25, -0.2) is 5.48 Å². The monoisotopic (exact) mass is 277 g/mol. The lowest BCUT2D eigenvalue weighted by Gasteiger charge is -2.23. The molecule has 0 radical (unpaired) electrons. The van der Waals surface area contributed by atoms with E-state index in [1.165, 1.54) is 24.2 Å². The van der Waals surface area contributed by atoms with E-state index in [-0.39, 0.29) is 0 Å². The fraction of sp³-hybridized carbons (Fsp3) is 1.00. The van der Waals surface area contributed by atoms with E-state index in [2.05, 4.69) is 33.2 Å². The summed E-state index contributed by atoms with van der Waals surface area (Å²) in [4.78, 5) is 0. The van der Waals surface area contributed by atoms with E-state index >= 15 is 0 Å². The summed E-state index contributed by atoms with van der Waals surface area (Å²) in [5.41, 5.74) is 3.66. The van der Waals surface area contributed by atoms with E-state index in [0.717, 1.165) is 13.0 Å². The molecule has 1 unspecified atom stereocenters. The molecule has 0 aromatic carbocycles. The highest BCUT2D eigenvalue weighted by Gasteiger charge is 2.19. The minimum atomic E-state index is -0.944. The Morgan fingerprint density at radius 2 is 1.59 bits per heavy atom. The van der Waals surface area contributed by atoms with E-state index in [1.54, 1.807) is 0 Å². The van der Waals surface area contributed by atoms with E-state index in [4.69, 9.17) is 9.26 Å². The molecule has 0 saturated carbocycles. The number of methoxy groups -OCH3 is 1. The zero-order valence-corrected chi connectivity index (χ0v) is 14.6. The third kappa shape index (κ3) is 7.36. The van der Waals surface area contributed by atoms with Crippen molar-refractivity contribution in [1.29, 1.82) is 0 Å². The van der Waals surface area contributed by atoms with E-state index in [1.807, 2.05) is 7.11 Å². The van der Waals surface area contributed by atoms with Gasteiger partial charge < -0.3 is 9.26 Å². The van der Waals surface area contributed by atoms with Gasteiger partial charge in [-0.05, 0) is 18.5 Å². The van der Waals surface area contributed by atoms with Gasteiger partial charge in [-0.15, -0.1) is 0 Å². The molecule has 104 valence electrons. The molecule has 17 heavy (non-hydrogen) atoms. The Morgan fingerprint density at radius 1 is 1.00 bits per heavy atom. The number of rotatable bonds is 11. The molecular weight excluding hydrogens is 246 g/mol. The maximum Gasteiger partial charge on any atom is 0.205 e. The van der Waals surface area contributed by atoms with Crippen LogP contribution >= 0.6 is 0 Å². The van der Waals surface area contributed by atoms with Crippen molar-refractivity contribution in [3.63, 3.8) is 0 Å². The SMILES string of the molecule is CC[SiH](CC)ONCCC(OC)[SiH](CC)CC. The lowest BCUT2D eigenvalue weighted by Crippen LogP contribution is -2.35. The van der Waals surface area contributed by atoms with Crippen LogP contribution in [0.2, 0.25) is 24.2 Å². The zero-order chi connectivity index (χ0) is 13.1. The fourth-order valence-corrected chi connectivity index (χ4v) is 6.11. The van der Waals surface area contributed by atoms with Gasteiger partial charge in [-0.3, -0.25) is 0 Å². The van der Waals surface area contributed by atoms with Crippen molar-refractivity contribution in [2.75, 3.05) is 13.7 Å². The van der Waals surface area contributed by atoms with Crippen molar-refractivity contribution in [3.8, 4) is 0 Å². The van der Waals surface area contributed by atoms with Crippen LogP contribution in [0, 0.1) is 0 Å². The quantitative estimate of drug-likeness (QED) is 0.357. The van der Waals surface area contributed by atoms with Crippen LogP contribution in [-0.2, 0) is 9.26 Å². The second-order valence-corrected chi connectivity index (χ2v) is 11.6. The molecular formula is C12H31NO2Si2. The van der Waals surface area contributed by atoms with Crippen molar-refractivity contribution in [2.24, 2.45) is 0 Å². The predicted molar refractivity (Wildman–Crippen MR) is 80.7 cm³/mol. The minimum Gasteiger partial charge on any atom is -0.385 e.